The van der Waals surface area contributed by atoms with E-state index < -0.39 is 0 Å². The summed E-state index contributed by atoms with van der Waals surface area (Å²) in [5.74, 6) is 1.84. The first-order chi connectivity index (χ1) is 27.7. The number of pyridine rings is 1. The highest BCUT2D eigenvalue weighted by molar-refractivity contribution is 7.00. The molecule has 0 spiro atoms. The molecule has 0 atom stereocenters. The quantitative estimate of drug-likeness (QED) is 0.167. The van der Waals surface area contributed by atoms with Crippen LogP contribution in [0.4, 0.5) is 34.4 Å². The van der Waals surface area contributed by atoms with Crippen molar-refractivity contribution in [3.05, 3.63) is 162 Å². The van der Waals surface area contributed by atoms with Crippen molar-refractivity contribution in [3.8, 4) is 5.69 Å². The topological polar surface area (TPSA) is 24.3 Å². The fourth-order valence-electron chi connectivity index (χ4n) is 9.29. The summed E-state index contributed by atoms with van der Waals surface area (Å²) < 4.78 is 2.55. The van der Waals surface area contributed by atoms with Gasteiger partial charge in [-0.25, -0.2) is 4.98 Å². The van der Waals surface area contributed by atoms with Gasteiger partial charge in [0.1, 0.15) is 11.6 Å². The third kappa shape index (κ3) is 5.61. The Balaban J connectivity index is 1.27. The number of nitrogens with zero attached hydrogens (tertiary/aromatic N) is 4. The molecule has 2 aromatic heterocycles. The standard InChI is InChI=1S/C53H51BN4/c1-51(2,3)34-22-26-38(27-23-34)56(39-28-24-35(25-29-39)52(4,5)6)47-31-30-43-50(55-47)57(37-16-11-10-12-17-37)45-32-36(53(7,8)9)33-46-48(45)54(43)42-20-15-19-41-40-18-13-14-21-44(40)58(46)49(41)42/h10-33H,1-9H3. The van der Waals surface area contributed by atoms with Crippen LogP contribution in [-0.2, 0) is 16.2 Å². The lowest BCUT2D eigenvalue weighted by atomic mass is 9.34. The van der Waals surface area contributed by atoms with Gasteiger partial charge in [-0.15, -0.1) is 0 Å². The van der Waals surface area contributed by atoms with Crippen molar-refractivity contribution >= 4 is 79.3 Å². The molecule has 286 valence electrons. The van der Waals surface area contributed by atoms with Gasteiger partial charge in [0.2, 0.25) is 0 Å². The maximum Gasteiger partial charge on any atom is 0.254 e. The molecular formula is C53H51BN4. The number of hydrogen-bond donors (Lipinski definition) is 0. The number of para-hydroxylation sites is 3. The Morgan fingerprint density at radius 2 is 1.07 bits per heavy atom. The van der Waals surface area contributed by atoms with E-state index in [0.717, 1.165) is 28.7 Å². The van der Waals surface area contributed by atoms with E-state index in [2.05, 4.69) is 222 Å². The molecule has 0 saturated carbocycles. The number of rotatable bonds is 4. The van der Waals surface area contributed by atoms with E-state index in [-0.39, 0.29) is 23.0 Å². The zero-order chi connectivity index (χ0) is 40.3. The molecule has 0 unspecified atom stereocenters. The van der Waals surface area contributed by atoms with Crippen LogP contribution in [0, 0.1) is 0 Å². The molecular weight excluding hydrogens is 703 g/mol. The maximum atomic E-state index is 5.82. The second kappa shape index (κ2) is 12.7. The van der Waals surface area contributed by atoms with Gasteiger partial charge in [0, 0.05) is 44.7 Å². The normalized spacial score (nSPS) is 13.5. The number of hydrogen-bond acceptors (Lipinski definition) is 3. The summed E-state index contributed by atoms with van der Waals surface area (Å²) in [5, 5.41) is 2.58. The van der Waals surface area contributed by atoms with Crippen LogP contribution in [0.3, 0.4) is 0 Å². The van der Waals surface area contributed by atoms with Crippen LogP contribution >= 0.6 is 0 Å². The van der Waals surface area contributed by atoms with Crippen LogP contribution in [-0.4, -0.2) is 16.3 Å². The van der Waals surface area contributed by atoms with E-state index in [4.69, 9.17) is 4.98 Å². The van der Waals surface area contributed by atoms with Crippen molar-refractivity contribution in [2.45, 2.75) is 78.6 Å². The minimum absolute atomic E-state index is 0.00151. The SMILES string of the molecule is CC(C)(C)c1ccc(N(c2ccc(C(C)(C)C)cc2)c2ccc3c(n2)N(c2ccccc2)c2cc(C(C)(C)C)cc4c2B3c2cccc3c5ccccc5n-4c23)cc1. The van der Waals surface area contributed by atoms with Gasteiger partial charge in [-0.1, -0.05) is 147 Å². The molecule has 2 aliphatic heterocycles. The van der Waals surface area contributed by atoms with E-state index in [1.165, 1.54) is 66.3 Å². The Kier molecular flexibility index (Phi) is 7.96. The highest BCUT2D eigenvalue weighted by Crippen LogP contribution is 2.44. The lowest BCUT2D eigenvalue weighted by Crippen LogP contribution is -2.60. The second-order valence-corrected chi connectivity index (χ2v) is 19.4. The van der Waals surface area contributed by atoms with Crippen molar-refractivity contribution in [1.29, 1.82) is 0 Å². The molecule has 58 heavy (non-hydrogen) atoms. The highest BCUT2D eigenvalue weighted by Gasteiger charge is 2.43. The molecule has 0 N–H and O–H groups in total. The smallest absolute Gasteiger partial charge is 0.254 e. The fraction of sp³-hybridized carbons (Fsp3) is 0.226. The molecule has 2 aliphatic rings. The Hall–Kier alpha value is -6.07. The van der Waals surface area contributed by atoms with E-state index >= 15 is 0 Å². The molecule has 6 aromatic carbocycles. The van der Waals surface area contributed by atoms with E-state index in [0.29, 0.717) is 0 Å². The van der Waals surface area contributed by atoms with Gasteiger partial charge in [-0.05, 0) is 110 Å². The Morgan fingerprint density at radius 3 is 1.69 bits per heavy atom. The van der Waals surface area contributed by atoms with Crippen LogP contribution in [0.2, 0.25) is 0 Å². The van der Waals surface area contributed by atoms with Crippen molar-refractivity contribution in [3.63, 3.8) is 0 Å². The van der Waals surface area contributed by atoms with Crippen LogP contribution < -0.4 is 26.2 Å². The first-order valence-electron chi connectivity index (χ1n) is 20.8. The zero-order valence-corrected chi connectivity index (χ0v) is 35.2. The Morgan fingerprint density at radius 1 is 0.500 bits per heavy atom. The van der Waals surface area contributed by atoms with E-state index in [9.17, 15) is 0 Å². The molecule has 4 nitrogen and oxygen atoms in total. The van der Waals surface area contributed by atoms with Gasteiger partial charge >= 0.3 is 0 Å². The Labute approximate surface area is 343 Å². The van der Waals surface area contributed by atoms with Crippen molar-refractivity contribution in [2.24, 2.45) is 0 Å². The summed E-state index contributed by atoms with van der Waals surface area (Å²) in [6.07, 6.45) is 0. The van der Waals surface area contributed by atoms with Gasteiger partial charge in [0.25, 0.3) is 6.71 Å². The minimum Gasteiger partial charge on any atom is -0.310 e. The molecule has 0 amide bonds. The van der Waals surface area contributed by atoms with Crippen molar-refractivity contribution < 1.29 is 0 Å². The number of anilines is 6. The summed E-state index contributed by atoms with van der Waals surface area (Å²) in [4.78, 5) is 10.6. The fourth-order valence-corrected chi connectivity index (χ4v) is 9.29. The molecule has 0 saturated heterocycles. The third-order valence-corrected chi connectivity index (χ3v) is 12.4. The first kappa shape index (κ1) is 36.3. The number of aromatic nitrogens is 2. The molecule has 0 aliphatic carbocycles. The highest BCUT2D eigenvalue weighted by atomic mass is 15.3. The number of benzene rings is 6. The molecule has 0 radical (unpaired) electrons. The molecule has 8 aromatic rings. The minimum atomic E-state index is -0.0901. The predicted octanol–water partition coefficient (Wildman–Crippen LogP) is 12.2. The van der Waals surface area contributed by atoms with E-state index in [1.807, 2.05) is 0 Å². The zero-order valence-electron chi connectivity index (χ0n) is 35.2. The van der Waals surface area contributed by atoms with Gasteiger partial charge in [0.15, 0.2) is 0 Å². The largest absolute Gasteiger partial charge is 0.310 e. The Bertz CT molecular complexity index is 2830. The van der Waals surface area contributed by atoms with Crippen LogP contribution in [0.5, 0.6) is 0 Å². The molecule has 4 heterocycles. The summed E-state index contributed by atoms with van der Waals surface area (Å²) in [6, 6.07) is 54.3. The van der Waals surface area contributed by atoms with E-state index in [1.54, 1.807) is 0 Å². The molecule has 0 fully saturated rings. The molecule has 0 bridgehead atoms. The maximum absolute atomic E-state index is 5.82. The lowest BCUT2D eigenvalue weighted by molar-refractivity contribution is 0.590. The molecule has 5 heteroatoms. The third-order valence-electron chi connectivity index (χ3n) is 12.4. The summed E-state index contributed by atoms with van der Waals surface area (Å²) in [5.41, 5.74) is 16.0. The number of fused-ring (bicyclic) bond motifs is 7. The van der Waals surface area contributed by atoms with Gasteiger partial charge in [-0.3, -0.25) is 9.80 Å². The summed E-state index contributed by atoms with van der Waals surface area (Å²) in [6.45, 7) is 20.6. The van der Waals surface area contributed by atoms with Crippen LogP contribution in [0.25, 0.3) is 27.5 Å². The van der Waals surface area contributed by atoms with Gasteiger partial charge in [0.05, 0.1) is 5.52 Å². The van der Waals surface area contributed by atoms with Gasteiger partial charge < -0.3 is 4.57 Å². The summed E-state index contributed by atoms with van der Waals surface area (Å²) in [7, 11) is 0. The average Bonchev–Trinajstić information content (AvgIpc) is 3.54. The van der Waals surface area contributed by atoms with Crippen molar-refractivity contribution in [2.75, 3.05) is 9.80 Å². The molecule has 10 rings (SSSR count). The van der Waals surface area contributed by atoms with Crippen molar-refractivity contribution in [1.82, 2.24) is 9.55 Å². The average molecular weight is 755 g/mol. The second-order valence-electron chi connectivity index (χ2n) is 19.4. The summed E-state index contributed by atoms with van der Waals surface area (Å²) >= 11 is 0. The first-order valence-corrected chi connectivity index (χ1v) is 20.8. The van der Waals surface area contributed by atoms with Crippen LogP contribution in [0.1, 0.15) is 79.0 Å². The monoisotopic (exact) mass is 754 g/mol. The van der Waals surface area contributed by atoms with Gasteiger partial charge in [-0.2, -0.15) is 0 Å². The van der Waals surface area contributed by atoms with Crippen LogP contribution in [0.15, 0.2) is 146 Å². The lowest BCUT2D eigenvalue weighted by Gasteiger charge is -2.41. The predicted molar refractivity (Wildman–Crippen MR) is 249 cm³/mol.